The molecule has 0 fully saturated rings. The van der Waals surface area contributed by atoms with Crippen LogP contribution in [0.2, 0.25) is 5.02 Å². The second-order valence-corrected chi connectivity index (χ2v) is 6.71. The van der Waals surface area contributed by atoms with Gasteiger partial charge in [0.1, 0.15) is 11.5 Å². The molecule has 0 bridgehead atoms. The van der Waals surface area contributed by atoms with E-state index in [1.54, 1.807) is 79.7 Å². The molecule has 3 aromatic rings. The van der Waals surface area contributed by atoms with Crippen molar-refractivity contribution in [3.05, 3.63) is 95.0 Å². The van der Waals surface area contributed by atoms with Crippen LogP contribution in [-0.2, 0) is 4.79 Å². The van der Waals surface area contributed by atoms with E-state index < -0.39 is 18.0 Å². The molecule has 152 valence electrons. The van der Waals surface area contributed by atoms with Crippen LogP contribution in [0.3, 0.4) is 0 Å². The summed E-state index contributed by atoms with van der Waals surface area (Å²) < 4.78 is 10.8. The van der Waals surface area contributed by atoms with E-state index in [2.05, 4.69) is 10.5 Å². The van der Waals surface area contributed by atoms with Crippen LogP contribution in [-0.4, -0.2) is 24.2 Å². The van der Waals surface area contributed by atoms with Crippen molar-refractivity contribution in [1.29, 1.82) is 0 Å². The minimum atomic E-state index is -0.733. The van der Waals surface area contributed by atoms with Gasteiger partial charge in [-0.1, -0.05) is 29.8 Å². The first-order chi connectivity index (χ1) is 14.5. The molecular weight excluding hydrogens is 404 g/mol. The molecule has 3 rings (SSSR count). The van der Waals surface area contributed by atoms with Gasteiger partial charge in [0.2, 0.25) is 0 Å². The first kappa shape index (κ1) is 21.1. The second-order valence-electron chi connectivity index (χ2n) is 6.27. The third-order valence-electron chi connectivity index (χ3n) is 3.98. The first-order valence-corrected chi connectivity index (χ1v) is 9.51. The van der Waals surface area contributed by atoms with Crippen molar-refractivity contribution in [2.75, 3.05) is 0 Å². The van der Waals surface area contributed by atoms with Crippen LogP contribution in [0.1, 0.15) is 22.8 Å². The SMILES string of the molecule is C[C@H](Oc1ccc(Cl)cc1)C(=O)N/N=C\c1ccc(OC(=O)c2ccccc2)cc1. The smallest absolute Gasteiger partial charge is 0.343 e. The van der Waals surface area contributed by atoms with E-state index in [1.807, 2.05) is 6.07 Å². The molecule has 0 aliphatic carbocycles. The normalized spacial score (nSPS) is 11.7. The molecule has 7 heteroatoms. The summed E-state index contributed by atoms with van der Waals surface area (Å²) in [5, 5.41) is 4.51. The number of nitrogens with zero attached hydrogens (tertiary/aromatic N) is 1. The van der Waals surface area contributed by atoms with Crippen LogP contribution in [0.5, 0.6) is 11.5 Å². The molecule has 30 heavy (non-hydrogen) atoms. The molecule has 0 saturated heterocycles. The Labute approximate surface area is 179 Å². The zero-order valence-electron chi connectivity index (χ0n) is 16.1. The number of hydrazone groups is 1. The number of esters is 1. The molecule has 0 unspecified atom stereocenters. The van der Waals surface area contributed by atoms with E-state index in [0.29, 0.717) is 22.1 Å². The minimum Gasteiger partial charge on any atom is -0.481 e. The predicted octanol–water partition coefficient (Wildman–Crippen LogP) is 4.48. The van der Waals surface area contributed by atoms with Gasteiger partial charge >= 0.3 is 5.97 Å². The molecule has 1 N–H and O–H groups in total. The van der Waals surface area contributed by atoms with E-state index >= 15 is 0 Å². The number of ether oxygens (including phenoxy) is 2. The van der Waals surface area contributed by atoms with E-state index in [9.17, 15) is 9.59 Å². The highest BCUT2D eigenvalue weighted by Gasteiger charge is 2.13. The van der Waals surface area contributed by atoms with E-state index in [1.165, 1.54) is 6.21 Å². The molecule has 0 spiro atoms. The average Bonchev–Trinajstić information content (AvgIpc) is 2.77. The van der Waals surface area contributed by atoms with E-state index in [0.717, 1.165) is 5.56 Å². The number of amides is 1. The largest absolute Gasteiger partial charge is 0.481 e. The fraction of sp³-hybridized carbons (Fsp3) is 0.0870. The maximum atomic E-state index is 12.1. The summed E-state index contributed by atoms with van der Waals surface area (Å²) in [6.07, 6.45) is 0.749. The Balaban J connectivity index is 1.49. The molecule has 1 atom stereocenters. The Bertz CT molecular complexity index is 1020. The summed E-state index contributed by atoms with van der Waals surface area (Å²) in [5.41, 5.74) is 3.62. The summed E-state index contributed by atoms with van der Waals surface area (Å²) in [7, 11) is 0. The number of halogens is 1. The molecule has 0 saturated carbocycles. The molecular formula is C23H19ClN2O4. The van der Waals surface area contributed by atoms with Crippen LogP contribution in [0, 0.1) is 0 Å². The van der Waals surface area contributed by atoms with Gasteiger partial charge in [-0.25, -0.2) is 10.2 Å². The molecule has 0 radical (unpaired) electrons. The van der Waals surface area contributed by atoms with Gasteiger partial charge in [0.15, 0.2) is 6.10 Å². The average molecular weight is 423 g/mol. The highest BCUT2D eigenvalue weighted by Crippen LogP contribution is 2.17. The number of carbonyl (C=O) groups excluding carboxylic acids is 2. The van der Waals surface area contributed by atoms with Crippen molar-refractivity contribution >= 4 is 29.7 Å². The van der Waals surface area contributed by atoms with Gasteiger partial charge in [-0.3, -0.25) is 4.79 Å². The standard InChI is InChI=1S/C23H19ClN2O4/c1-16(29-20-13-9-19(24)10-14-20)22(27)26-25-15-17-7-11-21(12-8-17)30-23(28)18-5-3-2-4-6-18/h2-16H,1H3,(H,26,27)/b25-15-/t16-/m0/s1. The van der Waals surface area contributed by atoms with Crippen LogP contribution in [0.25, 0.3) is 0 Å². The maximum Gasteiger partial charge on any atom is 0.343 e. The number of hydrogen-bond donors (Lipinski definition) is 1. The van der Waals surface area contributed by atoms with Crippen molar-refractivity contribution in [1.82, 2.24) is 5.43 Å². The van der Waals surface area contributed by atoms with Crippen LogP contribution in [0.15, 0.2) is 84.0 Å². The lowest BCUT2D eigenvalue weighted by Gasteiger charge is -2.12. The van der Waals surface area contributed by atoms with Crippen molar-refractivity contribution in [3.8, 4) is 11.5 Å². The number of hydrogen-bond acceptors (Lipinski definition) is 5. The number of nitrogens with one attached hydrogen (secondary N) is 1. The zero-order chi connectivity index (χ0) is 21.3. The van der Waals surface area contributed by atoms with E-state index in [4.69, 9.17) is 21.1 Å². The third-order valence-corrected chi connectivity index (χ3v) is 4.24. The lowest BCUT2D eigenvalue weighted by molar-refractivity contribution is -0.127. The zero-order valence-corrected chi connectivity index (χ0v) is 16.9. The van der Waals surface area contributed by atoms with Crippen LogP contribution < -0.4 is 14.9 Å². The van der Waals surface area contributed by atoms with Gasteiger partial charge in [-0.2, -0.15) is 5.10 Å². The highest BCUT2D eigenvalue weighted by molar-refractivity contribution is 6.30. The van der Waals surface area contributed by atoms with Gasteiger partial charge in [0.25, 0.3) is 5.91 Å². The molecule has 6 nitrogen and oxygen atoms in total. The van der Waals surface area contributed by atoms with Gasteiger partial charge in [0, 0.05) is 5.02 Å². The monoisotopic (exact) mass is 422 g/mol. The van der Waals surface area contributed by atoms with Gasteiger partial charge in [-0.15, -0.1) is 0 Å². The molecule has 0 aliphatic rings. The summed E-state index contributed by atoms with van der Waals surface area (Å²) in [5.74, 6) is 0.121. The van der Waals surface area contributed by atoms with Crippen molar-refractivity contribution in [2.45, 2.75) is 13.0 Å². The molecule has 0 aromatic heterocycles. The summed E-state index contributed by atoms with van der Waals surface area (Å²) in [4.78, 5) is 24.1. The molecule has 0 heterocycles. The number of rotatable bonds is 7. The highest BCUT2D eigenvalue weighted by atomic mass is 35.5. The number of benzene rings is 3. The lowest BCUT2D eigenvalue weighted by Crippen LogP contribution is -2.33. The fourth-order valence-corrected chi connectivity index (χ4v) is 2.52. The minimum absolute atomic E-state index is 0.394. The third kappa shape index (κ3) is 6.18. The van der Waals surface area contributed by atoms with E-state index in [-0.39, 0.29) is 0 Å². The Morgan fingerprint density at radius 2 is 1.57 bits per heavy atom. The van der Waals surface area contributed by atoms with Gasteiger partial charge in [-0.05, 0) is 73.2 Å². The lowest BCUT2D eigenvalue weighted by atomic mass is 10.2. The summed E-state index contributed by atoms with van der Waals surface area (Å²) in [6.45, 7) is 1.62. The summed E-state index contributed by atoms with van der Waals surface area (Å²) in [6, 6.07) is 22.2. The molecule has 1 amide bonds. The maximum absolute atomic E-state index is 12.1. The van der Waals surface area contributed by atoms with Gasteiger partial charge < -0.3 is 9.47 Å². The number of carbonyl (C=O) groups is 2. The fourth-order valence-electron chi connectivity index (χ4n) is 2.39. The summed E-state index contributed by atoms with van der Waals surface area (Å²) >= 11 is 5.82. The Hall–Kier alpha value is -3.64. The Kier molecular flexibility index (Phi) is 7.19. The predicted molar refractivity (Wildman–Crippen MR) is 115 cm³/mol. The molecule has 0 aliphatic heterocycles. The van der Waals surface area contributed by atoms with Crippen molar-refractivity contribution in [2.24, 2.45) is 5.10 Å². The molecule has 3 aromatic carbocycles. The first-order valence-electron chi connectivity index (χ1n) is 9.14. The topological polar surface area (TPSA) is 77.0 Å². The Morgan fingerprint density at radius 3 is 2.23 bits per heavy atom. The van der Waals surface area contributed by atoms with Crippen LogP contribution in [0.4, 0.5) is 0 Å². The van der Waals surface area contributed by atoms with Crippen molar-refractivity contribution in [3.63, 3.8) is 0 Å². The quantitative estimate of drug-likeness (QED) is 0.263. The van der Waals surface area contributed by atoms with Gasteiger partial charge in [0.05, 0.1) is 11.8 Å². The Morgan fingerprint density at radius 1 is 0.933 bits per heavy atom. The van der Waals surface area contributed by atoms with Crippen LogP contribution >= 0.6 is 11.6 Å². The second kappa shape index (κ2) is 10.2. The van der Waals surface area contributed by atoms with Crippen molar-refractivity contribution < 1.29 is 19.1 Å².